The van der Waals surface area contributed by atoms with E-state index in [2.05, 4.69) is 5.32 Å². The number of hydrogen-bond donors (Lipinski definition) is 1. The van der Waals surface area contributed by atoms with Crippen molar-refractivity contribution in [2.24, 2.45) is 0 Å². The molecule has 0 saturated heterocycles. The molecule has 0 radical (unpaired) electrons. The van der Waals surface area contributed by atoms with Crippen LogP contribution in [0.4, 0.5) is 5.69 Å². The van der Waals surface area contributed by atoms with Gasteiger partial charge in [0, 0.05) is 21.9 Å². The van der Waals surface area contributed by atoms with Gasteiger partial charge in [-0.05, 0) is 47.5 Å². The highest BCUT2D eigenvalue weighted by Gasteiger charge is 2.21. The van der Waals surface area contributed by atoms with Crippen LogP contribution in [0.5, 0.6) is 5.75 Å². The number of anilines is 1. The molecule has 1 aliphatic heterocycles. The number of carbonyl (C=O) groups excluding carboxylic acids is 2. The fourth-order valence-electron chi connectivity index (χ4n) is 3.01. The predicted molar refractivity (Wildman–Crippen MR) is 110 cm³/mol. The highest BCUT2D eigenvalue weighted by Crippen LogP contribution is 2.36. The molecule has 4 rings (SSSR count). The minimum Gasteiger partial charge on any atom is -0.493 e. The molecular formula is C21H16ClNO4S. The molecule has 5 nitrogen and oxygen atoms in total. The lowest BCUT2D eigenvalue weighted by molar-refractivity contribution is 0.0607. The molecule has 0 spiro atoms. The number of benzene rings is 2. The minimum absolute atomic E-state index is 0.291. The molecule has 0 aliphatic carbocycles. The molecular weight excluding hydrogens is 398 g/mol. The van der Waals surface area contributed by atoms with Crippen LogP contribution in [0.1, 0.15) is 25.6 Å². The Kier molecular flexibility index (Phi) is 5.07. The normalized spacial score (nSPS) is 12.2. The SMILES string of the molecule is COC(=O)c1sc(-c2ccc(Cl)cc2)cc1NC(=O)c1ccc2c(c1)CCO2. The average molecular weight is 414 g/mol. The summed E-state index contributed by atoms with van der Waals surface area (Å²) in [6.45, 7) is 0.627. The Bertz CT molecular complexity index is 1060. The molecule has 3 aromatic rings. The third-order valence-electron chi connectivity index (χ3n) is 4.43. The van der Waals surface area contributed by atoms with Gasteiger partial charge in [0.1, 0.15) is 10.6 Å². The van der Waals surface area contributed by atoms with Gasteiger partial charge in [-0.25, -0.2) is 4.79 Å². The lowest BCUT2D eigenvalue weighted by atomic mass is 10.1. The highest BCUT2D eigenvalue weighted by atomic mass is 35.5. The molecule has 1 amide bonds. The maximum absolute atomic E-state index is 12.8. The fourth-order valence-corrected chi connectivity index (χ4v) is 4.17. The van der Waals surface area contributed by atoms with Gasteiger partial charge in [-0.15, -0.1) is 11.3 Å². The van der Waals surface area contributed by atoms with Crippen molar-refractivity contribution in [1.82, 2.24) is 0 Å². The summed E-state index contributed by atoms with van der Waals surface area (Å²) in [6.07, 6.45) is 0.781. The molecule has 7 heteroatoms. The first-order valence-corrected chi connectivity index (χ1v) is 9.80. The van der Waals surface area contributed by atoms with E-state index < -0.39 is 5.97 Å². The number of hydrogen-bond acceptors (Lipinski definition) is 5. The predicted octanol–water partition coefficient (Wildman–Crippen LogP) is 5.04. The van der Waals surface area contributed by atoms with Crippen LogP contribution < -0.4 is 10.1 Å². The average Bonchev–Trinajstić information content (AvgIpc) is 3.34. The molecule has 1 aromatic heterocycles. The van der Waals surface area contributed by atoms with Gasteiger partial charge in [0.2, 0.25) is 0 Å². The summed E-state index contributed by atoms with van der Waals surface area (Å²) >= 11 is 7.20. The van der Waals surface area contributed by atoms with Gasteiger partial charge in [0.05, 0.1) is 19.4 Å². The van der Waals surface area contributed by atoms with Crippen LogP contribution in [-0.4, -0.2) is 25.6 Å². The molecule has 0 unspecified atom stereocenters. The van der Waals surface area contributed by atoms with Crippen LogP contribution in [0.3, 0.4) is 0 Å². The minimum atomic E-state index is -0.497. The van der Waals surface area contributed by atoms with Gasteiger partial charge >= 0.3 is 5.97 Å². The largest absolute Gasteiger partial charge is 0.493 e. The standard InChI is InChI=1S/C21H16ClNO4S/c1-26-21(25)19-16(11-18(28-19)12-2-5-15(22)6-3-12)23-20(24)14-4-7-17-13(10-14)8-9-27-17/h2-7,10-11H,8-9H2,1H3,(H,23,24). The molecule has 0 fully saturated rings. The molecule has 142 valence electrons. The van der Waals surface area contributed by atoms with E-state index in [0.29, 0.717) is 27.8 Å². The van der Waals surface area contributed by atoms with E-state index in [4.69, 9.17) is 21.1 Å². The zero-order valence-electron chi connectivity index (χ0n) is 15.0. The maximum atomic E-state index is 12.8. The second-order valence-electron chi connectivity index (χ2n) is 6.23. The van der Waals surface area contributed by atoms with E-state index in [1.807, 2.05) is 18.2 Å². The van der Waals surface area contributed by atoms with Gasteiger partial charge in [-0.2, -0.15) is 0 Å². The Morgan fingerprint density at radius 1 is 1.14 bits per heavy atom. The summed E-state index contributed by atoms with van der Waals surface area (Å²) in [7, 11) is 1.32. The van der Waals surface area contributed by atoms with E-state index in [1.165, 1.54) is 18.4 Å². The van der Waals surface area contributed by atoms with E-state index >= 15 is 0 Å². The second kappa shape index (κ2) is 7.66. The number of halogens is 1. The zero-order valence-corrected chi connectivity index (χ0v) is 16.5. The third kappa shape index (κ3) is 3.61. The Morgan fingerprint density at radius 3 is 2.68 bits per heavy atom. The second-order valence-corrected chi connectivity index (χ2v) is 7.72. The van der Waals surface area contributed by atoms with Crippen LogP contribution in [0.15, 0.2) is 48.5 Å². The van der Waals surface area contributed by atoms with Crippen molar-refractivity contribution in [3.8, 4) is 16.2 Å². The number of ether oxygens (including phenoxy) is 2. The van der Waals surface area contributed by atoms with Crippen LogP contribution in [0.25, 0.3) is 10.4 Å². The topological polar surface area (TPSA) is 64.6 Å². The van der Waals surface area contributed by atoms with E-state index in [1.54, 1.807) is 30.3 Å². The maximum Gasteiger partial charge on any atom is 0.350 e. The van der Waals surface area contributed by atoms with Crippen molar-refractivity contribution in [2.75, 3.05) is 19.0 Å². The highest BCUT2D eigenvalue weighted by molar-refractivity contribution is 7.18. The molecule has 0 atom stereocenters. The summed E-state index contributed by atoms with van der Waals surface area (Å²) < 4.78 is 10.4. The fraction of sp³-hybridized carbons (Fsp3) is 0.143. The smallest absolute Gasteiger partial charge is 0.350 e. The molecule has 1 aliphatic rings. The summed E-state index contributed by atoms with van der Waals surface area (Å²) in [5.41, 5.74) is 2.84. The van der Waals surface area contributed by atoms with Gasteiger partial charge in [-0.1, -0.05) is 23.7 Å². The van der Waals surface area contributed by atoms with Crippen LogP contribution in [0.2, 0.25) is 5.02 Å². The Labute approximate surface area is 170 Å². The Hall–Kier alpha value is -2.83. The zero-order chi connectivity index (χ0) is 19.7. The van der Waals surface area contributed by atoms with Crippen molar-refractivity contribution in [1.29, 1.82) is 0 Å². The number of methoxy groups -OCH3 is 1. The van der Waals surface area contributed by atoms with Crippen molar-refractivity contribution in [3.63, 3.8) is 0 Å². The number of amides is 1. The van der Waals surface area contributed by atoms with Crippen molar-refractivity contribution in [2.45, 2.75) is 6.42 Å². The molecule has 28 heavy (non-hydrogen) atoms. The first-order chi connectivity index (χ1) is 13.5. The van der Waals surface area contributed by atoms with Crippen LogP contribution >= 0.6 is 22.9 Å². The van der Waals surface area contributed by atoms with Gasteiger partial charge in [-0.3, -0.25) is 4.79 Å². The van der Waals surface area contributed by atoms with Crippen LogP contribution in [-0.2, 0) is 11.2 Å². The number of fused-ring (bicyclic) bond motifs is 1. The Balaban J connectivity index is 1.65. The van der Waals surface area contributed by atoms with Gasteiger partial charge < -0.3 is 14.8 Å². The van der Waals surface area contributed by atoms with Crippen LogP contribution in [0, 0.1) is 0 Å². The monoisotopic (exact) mass is 413 g/mol. The third-order valence-corrected chi connectivity index (χ3v) is 5.85. The molecule has 2 aromatic carbocycles. The van der Waals surface area contributed by atoms with Crippen molar-refractivity contribution < 1.29 is 19.1 Å². The van der Waals surface area contributed by atoms with E-state index in [-0.39, 0.29) is 5.91 Å². The number of thiophene rings is 1. The molecule has 2 heterocycles. The van der Waals surface area contributed by atoms with Gasteiger partial charge in [0.15, 0.2) is 0 Å². The van der Waals surface area contributed by atoms with Crippen molar-refractivity contribution >= 4 is 40.5 Å². The quantitative estimate of drug-likeness (QED) is 0.608. The Morgan fingerprint density at radius 2 is 1.93 bits per heavy atom. The van der Waals surface area contributed by atoms with E-state index in [9.17, 15) is 9.59 Å². The lowest BCUT2D eigenvalue weighted by Gasteiger charge is -2.07. The number of rotatable bonds is 4. The first-order valence-electron chi connectivity index (χ1n) is 8.60. The van der Waals surface area contributed by atoms with Crippen molar-refractivity contribution in [3.05, 3.63) is 69.6 Å². The summed E-state index contributed by atoms with van der Waals surface area (Å²) in [6, 6.07) is 14.4. The first kappa shape index (κ1) is 18.5. The number of nitrogens with one attached hydrogen (secondary N) is 1. The number of carbonyl (C=O) groups is 2. The molecule has 0 saturated carbocycles. The molecule has 0 bridgehead atoms. The summed E-state index contributed by atoms with van der Waals surface area (Å²) in [4.78, 5) is 26.1. The lowest BCUT2D eigenvalue weighted by Crippen LogP contribution is -2.14. The van der Waals surface area contributed by atoms with Gasteiger partial charge in [0.25, 0.3) is 5.91 Å². The number of esters is 1. The summed E-state index contributed by atoms with van der Waals surface area (Å²) in [5, 5.41) is 3.47. The molecule has 1 N–H and O–H groups in total. The van der Waals surface area contributed by atoms with E-state index in [0.717, 1.165) is 28.2 Å². The summed E-state index contributed by atoms with van der Waals surface area (Å²) in [5.74, 6) is 0.0236.